The third-order valence-electron chi connectivity index (χ3n) is 4.06. The third-order valence-corrected chi connectivity index (χ3v) is 4.06. The highest BCUT2D eigenvalue weighted by atomic mass is 19.1. The van der Waals surface area contributed by atoms with Gasteiger partial charge in [0.25, 0.3) is 0 Å². The summed E-state index contributed by atoms with van der Waals surface area (Å²) in [4.78, 5) is 0. The van der Waals surface area contributed by atoms with Crippen molar-refractivity contribution in [2.45, 2.75) is 32.1 Å². The average molecular weight is 264 g/mol. The molecule has 2 nitrogen and oxygen atoms in total. The fraction of sp³-hybridized carbons (Fsp3) is 0.625. The molecule has 3 heteroatoms. The molecule has 2 N–H and O–H groups in total. The van der Waals surface area contributed by atoms with E-state index in [2.05, 4.69) is 24.5 Å². The second kappa shape index (κ2) is 6.49. The van der Waals surface area contributed by atoms with E-state index in [4.69, 9.17) is 0 Å². The van der Waals surface area contributed by atoms with Crippen LogP contribution in [0.15, 0.2) is 24.3 Å². The average Bonchev–Trinajstić information content (AvgIpc) is 2.40. The zero-order valence-electron chi connectivity index (χ0n) is 12.0. The lowest BCUT2D eigenvalue weighted by atomic mass is 9.84. The number of halogens is 1. The summed E-state index contributed by atoms with van der Waals surface area (Å²) in [7, 11) is 0. The SMILES string of the molecule is CC(C)(CNCC1CCNCC1)c1cccc(F)c1. The molecule has 0 aliphatic carbocycles. The molecule has 1 aromatic carbocycles. The van der Waals surface area contributed by atoms with Gasteiger partial charge in [0.15, 0.2) is 0 Å². The van der Waals surface area contributed by atoms with Crippen LogP contribution in [0.25, 0.3) is 0 Å². The van der Waals surface area contributed by atoms with Crippen molar-refractivity contribution in [1.82, 2.24) is 10.6 Å². The first-order valence-corrected chi connectivity index (χ1v) is 7.25. The zero-order chi connectivity index (χ0) is 13.7. The van der Waals surface area contributed by atoms with Gasteiger partial charge in [-0.2, -0.15) is 0 Å². The molecule has 2 rings (SSSR count). The number of piperidine rings is 1. The van der Waals surface area contributed by atoms with E-state index in [1.807, 2.05) is 6.07 Å². The van der Waals surface area contributed by atoms with E-state index in [0.29, 0.717) is 0 Å². The largest absolute Gasteiger partial charge is 0.317 e. The fourth-order valence-corrected chi connectivity index (χ4v) is 2.69. The van der Waals surface area contributed by atoms with Gasteiger partial charge < -0.3 is 10.6 Å². The molecule has 1 saturated heterocycles. The van der Waals surface area contributed by atoms with Gasteiger partial charge in [-0.1, -0.05) is 26.0 Å². The topological polar surface area (TPSA) is 24.1 Å². The van der Waals surface area contributed by atoms with Gasteiger partial charge in [0.2, 0.25) is 0 Å². The predicted octanol–water partition coefficient (Wildman–Crippen LogP) is 2.69. The Bertz CT molecular complexity index is 397. The summed E-state index contributed by atoms with van der Waals surface area (Å²) in [6.45, 7) is 8.56. The lowest BCUT2D eigenvalue weighted by Gasteiger charge is -2.28. The molecule has 1 heterocycles. The van der Waals surface area contributed by atoms with Gasteiger partial charge in [-0.25, -0.2) is 4.39 Å². The van der Waals surface area contributed by atoms with Crippen molar-refractivity contribution in [3.8, 4) is 0 Å². The van der Waals surface area contributed by atoms with Crippen LogP contribution in [0.4, 0.5) is 4.39 Å². The molecule has 1 aromatic rings. The van der Waals surface area contributed by atoms with E-state index in [1.54, 1.807) is 12.1 Å². The van der Waals surface area contributed by atoms with E-state index in [-0.39, 0.29) is 11.2 Å². The minimum Gasteiger partial charge on any atom is -0.317 e. The van der Waals surface area contributed by atoms with Gasteiger partial charge in [0, 0.05) is 12.0 Å². The van der Waals surface area contributed by atoms with Gasteiger partial charge in [-0.3, -0.25) is 0 Å². The summed E-state index contributed by atoms with van der Waals surface area (Å²) >= 11 is 0. The van der Waals surface area contributed by atoms with Crippen molar-refractivity contribution >= 4 is 0 Å². The molecule has 0 radical (unpaired) electrons. The van der Waals surface area contributed by atoms with Gasteiger partial charge in [0.05, 0.1) is 0 Å². The molecule has 0 amide bonds. The maximum atomic E-state index is 13.3. The molecule has 0 unspecified atom stereocenters. The summed E-state index contributed by atoms with van der Waals surface area (Å²) in [6, 6.07) is 6.95. The Morgan fingerprint density at radius 1 is 1.32 bits per heavy atom. The lowest BCUT2D eigenvalue weighted by Crippen LogP contribution is -2.38. The second-order valence-electron chi connectivity index (χ2n) is 6.22. The first-order valence-electron chi connectivity index (χ1n) is 7.25. The second-order valence-corrected chi connectivity index (χ2v) is 6.22. The normalized spacial score (nSPS) is 17.6. The fourth-order valence-electron chi connectivity index (χ4n) is 2.69. The number of hydrogen-bond donors (Lipinski definition) is 2. The Balaban J connectivity index is 1.83. The van der Waals surface area contributed by atoms with Crippen LogP contribution in [0.1, 0.15) is 32.3 Å². The first-order chi connectivity index (χ1) is 9.08. The lowest BCUT2D eigenvalue weighted by molar-refractivity contribution is 0.342. The highest BCUT2D eigenvalue weighted by Gasteiger charge is 2.21. The third kappa shape index (κ3) is 4.29. The molecular formula is C16H25FN2. The quantitative estimate of drug-likeness (QED) is 0.854. The minimum absolute atomic E-state index is 0.0327. The Morgan fingerprint density at radius 3 is 2.74 bits per heavy atom. The summed E-state index contributed by atoms with van der Waals surface area (Å²) in [5.41, 5.74) is 1.03. The Morgan fingerprint density at radius 2 is 2.05 bits per heavy atom. The van der Waals surface area contributed by atoms with Gasteiger partial charge in [0.1, 0.15) is 5.82 Å². The highest BCUT2D eigenvalue weighted by Crippen LogP contribution is 2.23. The van der Waals surface area contributed by atoms with Crippen LogP contribution >= 0.6 is 0 Å². The van der Waals surface area contributed by atoms with Crippen LogP contribution in [0.2, 0.25) is 0 Å². The van der Waals surface area contributed by atoms with Crippen LogP contribution in [0.5, 0.6) is 0 Å². The molecule has 106 valence electrons. The van der Waals surface area contributed by atoms with Gasteiger partial charge >= 0.3 is 0 Å². The summed E-state index contributed by atoms with van der Waals surface area (Å²) in [5, 5.41) is 6.95. The summed E-state index contributed by atoms with van der Waals surface area (Å²) in [6.07, 6.45) is 2.51. The molecular weight excluding hydrogens is 239 g/mol. The van der Waals surface area contributed by atoms with E-state index in [9.17, 15) is 4.39 Å². The van der Waals surface area contributed by atoms with Crippen LogP contribution in [0.3, 0.4) is 0 Å². The van der Waals surface area contributed by atoms with Crippen LogP contribution < -0.4 is 10.6 Å². The summed E-state index contributed by atoms with van der Waals surface area (Å²) in [5.74, 6) is 0.633. The highest BCUT2D eigenvalue weighted by molar-refractivity contribution is 5.24. The Labute approximate surface area is 115 Å². The Hall–Kier alpha value is -0.930. The molecule has 0 spiro atoms. The molecule has 1 aliphatic rings. The molecule has 0 bridgehead atoms. The standard InChI is InChI=1S/C16H25FN2/c1-16(2,14-4-3-5-15(17)10-14)12-19-11-13-6-8-18-9-7-13/h3-5,10,13,18-19H,6-9,11-12H2,1-2H3. The number of benzene rings is 1. The monoisotopic (exact) mass is 264 g/mol. The maximum Gasteiger partial charge on any atom is 0.123 e. The van der Waals surface area contributed by atoms with E-state index in [1.165, 1.54) is 18.9 Å². The zero-order valence-corrected chi connectivity index (χ0v) is 12.0. The van der Waals surface area contributed by atoms with Crippen molar-refractivity contribution in [2.24, 2.45) is 5.92 Å². The van der Waals surface area contributed by atoms with Crippen molar-refractivity contribution in [1.29, 1.82) is 0 Å². The maximum absolute atomic E-state index is 13.3. The first kappa shape index (κ1) is 14.5. The molecule has 19 heavy (non-hydrogen) atoms. The van der Waals surface area contributed by atoms with E-state index in [0.717, 1.165) is 37.7 Å². The summed E-state index contributed by atoms with van der Waals surface area (Å²) < 4.78 is 13.3. The number of hydrogen-bond acceptors (Lipinski definition) is 2. The van der Waals surface area contributed by atoms with Crippen molar-refractivity contribution in [3.63, 3.8) is 0 Å². The number of rotatable bonds is 5. The van der Waals surface area contributed by atoms with Crippen LogP contribution in [-0.2, 0) is 5.41 Å². The van der Waals surface area contributed by atoms with Gasteiger partial charge in [-0.15, -0.1) is 0 Å². The molecule has 1 aliphatic heterocycles. The molecule has 0 atom stereocenters. The van der Waals surface area contributed by atoms with Crippen LogP contribution in [0, 0.1) is 11.7 Å². The molecule has 0 aromatic heterocycles. The van der Waals surface area contributed by atoms with E-state index >= 15 is 0 Å². The minimum atomic E-state index is -0.149. The predicted molar refractivity (Wildman–Crippen MR) is 77.9 cm³/mol. The van der Waals surface area contributed by atoms with Crippen LogP contribution in [-0.4, -0.2) is 26.2 Å². The molecule has 1 fully saturated rings. The Kier molecular flexibility index (Phi) is 4.94. The van der Waals surface area contributed by atoms with Crippen molar-refractivity contribution in [2.75, 3.05) is 26.2 Å². The van der Waals surface area contributed by atoms with Crippen molar-refractivity contribution < 1.29 is 4.39 Å². The molecule has 0 saturated carbocycles. The smallest absolute Gasteiger partial charge is 0.123 e. The van der Waals surface area contributed by atoms with Crippen molar-refractivity contribution in [3.05, 3.63) is 35.6 Å². The van der Waals surface area contributed by atoms with E-state index < -0.39 is 0 Å². The number of nitrogens with one attached hydrogen (secondary N) is 2. The van der Waals surface area contributed by atoms with Gasteiger partial charge in [-0.05, 0) is 56.1 Å².